The largest absolute Gasteiger partial charge is 0.477 e. The van der Waals surface area contributed by atoms with Crippen molar-refractivity contribution in [1.29, 1.82) is 0 Å². The van der Waals surface area contributed by atoms with Crippen molar-refractivity contribution < 1.29 is 14.3 Å². The molecule has 116 valence electrons. The third kappa shape index (κ3) is 2.46. The number of carbonyl (C=O) groups is 1. The number of carboxylic acids is 1. The van der Waals surface area contributed by atoms with Gasteiger partial charge in [-0.3, -0.25) is 4.79 Å². The van der Waals surface area contributed by atoms with Gasteiger partial charge in [0.15, 0.2) is 0 Å². The van der Waals surface area contributed by atoms with Crippen LogP contribution in [0.5, 0.6) is 0 Å². The van der Waals surface area contributed by atoms with Crippen LogP contribution in [0, 0.1) is 5.82 Å². The van der Waals surface area contributed by atoms with Gasteiger partial charge in [-0.2, -0.15) is 0 Å². The Kier molecular flexibility index (Phi) is 3.61. The average molecular weight is 313 g/mol. The Labute approximate surface area is 129 Å². The standard InChI is InChI=1S/C16H12FN3O3/c1-2-20-7-11(16(22)23)15(21)10-5-12(17)9(6-14(10)20)13-3-4-18-8-19-13/h3-8H,2H2,1H3,(H,22,23). The van der Waals surface area contributed by atoms with E-state index in [4.69, 9.17) is 5.11 Å². The highest BCUT2D eigenvalue weighted by molar-refractivity contribution is 5.93. The lowest BCUT2D eigenvalue weighted by molar-refractivity contribution is 0.0695. The Hall–Kier alpha value is -3.09. The zero-order chi connectivity index (χ0) is 16.6. The van der Waals surface area contributed by atoms with Crippen molar-refractivity contribution in [3.05, 3.63) is 58.5 Å². The molecule has 1 N–H and O–H groups in total. The number of carboxylic acid groups (broad SMARTS) is 1. The van der Waals surface area contributed by atoms with Gasteiger partial charge in [0.05, 0.1) is 11.2 Å². The molecule has 0 aliphatic rings. The van der Waals surface area contributed by atoms with E-state index in [0.29, 0.717) is 17.8 Å². The minimum Gasteiger partial charge on any atom is -0.477 e. The lowest BCUT2D eigenvalue weighted by Gasteiger charge is -2.12. The van der Waals surface area contributed by atoms with Gasteiger partial charge in [-0.25, -0.2) is 19.2 Å². The smallest absolute Gasteiger partial charge is 0.341 e. The van der Waals surface area contributed by atoms with Crippen LogP contribution in [0.1, 0.15) is 17.3 Å². The molecule has 0 bridgehead atoms. The Bertz CT molecular complexity index is 968. The fraction of sp³-hybridized carbons (Fsp3) is 0.125. The van der Waals surface area contributed by atoms with Crippen molar-refractivity contribution >= 4 is 16.9 Å². The molecule has 0 saturated carbocycles. The summed E-state index contributed by atoms with van der Waals surface area (Å²) in [5.74, 6) is -1.97. The van der Waals surface area contributed by atoms with Crippen LogP contribution in [-0.4, -0.2) is 25.6 Å². The van der Waals surface area contributed by atoms with E-state index < -0.39 is 17.2 Å². The fourth-order valence-electron chi connectivity index (χ4n) is 2.47. The van der Waals surface area contributed by atoms with E-state index in [-0.39, 0.29) is 16.5 Å². The van der Waals surface area contributed by atoms with E-state index in [1.807, 2.05) is 6.92 Å². The predicted molar refractivity (Wildman–Crippen MR) is 81.8 cm³/mol. The summed E-state index contributed by atoms with van der Waals surface area (Å²) in [5, 5.41) is 9.15. The summed E-state index contributed by atoms with van der Waals surface area (Å²) in [6.45, 7) is 2.25. The van der Waals surface area contributed by atoms with Crippen LogP contribution in [0.3, 0.4) is 0 Å². The molecule has 0 aliphatic heterocycles. The second-order valence-electron chi connectivity index (χ2n) is 4.91. The zero-order valence-corrected chi connectivity index (χ0v) is 12.2. The van der Waals surface area contributed by atoms with E-state index in [2.05, 4.69) is 9.97 Å². The molecule has 0 atom stereocenters. The number of hydrogen-bond donors (Lipinski definition) is 1. The van der Waals surface area contributed by atoms with Gasteiger partial charge in [0.25, 0.3) is 0 Å². The summed E-state index contributed by atoms with van der Waals surface area (Å²) in [6.07, 6.45) is 4.07. The molecule has 3 rings (SSSR count). The molecule has 0 spiro atoms. The van der Waals surface area contributed by atoms with Gasteiger partial charge in [-0.1, -0.05) is 0 Å². The van der Waals surface area contributed by atoms with Crippen molar-refractivity contribution in [3.8, 4) is 11.3 Å². The van der Waals surface area contributed by atoms with Crippen molar-refractivity contribution in [1.82, 2.24) is 14.5 Å². The van der Waals surface area contributed by atoms with Crippen LogP contribution in [-0.2, 0) is 6.54 Å². The molecule has 0 radical (unpaired) electrons. The van der Waals surface area contributed by atoms with E-state index in [1.54, 1.807) is 10.6 Å². The first kappa shape index (κ1) is 14.8. The third-order valence-electron chi connectivity index (χ3n) is 3.60. The summed E-state index contributed by atoms with van der Waals surface area (Å²) in [4.78, 5) is 31.2. The first-order chi connectivity index (χ1) is 11.0. The van der Waals surface area contributed by atoms with Crippen LogP contribution in [0.15, 0.2) is 41.7 Å². The van der Waals surface area contributed by atoms with Crippen LogP contribution in [0.2, 0.25) is 0 Å². The molecule has 1 aromatic carbocycles. The minimum atomic E-state index is -1.33. The molecule has 23 heavy (non-hydrogen) atoms. The molecule has 2 aromatic heterocycles. The Balaban J connectivity index is 2.39. The van der Waals surface area contributed by atoms with E-state index in [1.165, 1.54) is 24.8 Å². The van der Waals surface area contributed by atoms with E-state index >= 15 is 0 Å². The first-order valence-corrected chi connectivity index (χ1v) is 6.89. The monoisotopic (exact) mass is 313 g/mol. The number of pyridine rings is 1. The summed E-state index contributed by atoms with van der Waals surface area (Å²) in [7, 11) is 0. The maximum atomic E-state index is 14.4. The number of benzene rings is 1. The Morgan fingerprint density at radius 2 is 2.17 bits per heavy atom. The van der Waals surface area contributed by atoms with Gasteiger partial charge in [-0.15, -0.1) is 0 Å². The summed E-state index contributed by atoms with van der Waals surface area (Å²) in [6, 6.07) is 4.13. The van der Waals surface area contributed by atoms with Gasteiger partial charge < -0.3 is 9.67 Å². The molecule has 0 fully saturated rings. The maximum Gasteiger partial charge on any atom is 0.341 e. The number of nitrogens with zero attached hydrogens (tertiary/aromatic N) is 3. The molecular formula is C16H12FN3O3. The highest BCUT2D eigenvalue weighted by Gasteiger charge is 2.17. The Morgan fingerprint density at radius 3 is 2.78 bits per heavy atom. The fourth-order valence-corrected chi connectivity index (χ4v) is 2.47. The minimum absolute atomic E-state index is 0.0297. The lowest BCUT2D eigenvalue weighted by atomic mass is 10.1. The number of aromatic carboxylic acids is 1. The van der Waals surface area contributed by atoms with Crippen LogP contribution >= 0.6 is 0 Å². The van der Waals surface area contributed by atoms with Crippen molar-refractivity contribution in [3.63, 3.8) is 0 Å². The second kappa shape index (κ2) is 5.60. The molecule has 7 heteroatoms. The van der Waals surface area contributed by atoms with Crippen LogP contribution in [0.4, 0.5) is 4.39 Å². The summed E-state index contributed by atoms with van der Waals surface area (Å²) in [5.41, 5.74) is -0.0159. The Morgan fingerprint density at radius 1 is 1.39 bits per heavy atom. The number of fused-ring (bicyclic) bond motifs is 1. The molecular weight excluding hydrogens is 301 g/mol. The summed E-state index contributed by atoms with van der Waals surface area (Å²) < 4.78 is 16.0. The van der Waals surface area contributed by atoms with Gasteiger partial charge in [0, 0.05) is 29.9 Å². The molecule has 0 amide bonds. The number of rotatable bonds is 3. The number of halogens is 1. The molecule has 0 saturated heterocycles. The van der Waals surface area contributed by atoms with Gasteiger partial charge in [0.1, 0.15) is 17.7 Å². The van der Waals surface area contributed by atoms with E-state index in [9.17, 15) is 14.0 Å². The van der Waals surface area contributed by atoms with Crippen molar-refractivity contribution in [2.75, 3.05) is 0 Å². The number of aromatic nitrogens is 3. The predicted octanol–water partition coefficient (Wildman–Crippen LogP) is 2.32. The topological polar surface area (TPSA) is 85.1 Å². The molecule has 6 nitrogen and oxygen atoms in total. The average Bonchev–Trinajstić information content (AvgIpc) is 2.55. The SMILES string of the molecule is CCn1cc(C(=O)O)c(=O)c2cc(F)c(-c3ccncn3)cc21. The van der Waals surface area contributed by atoms with Crippen molar-refractivity contribution in [2.24, 2.45) is 0 Å². The number of aryl methyl sites for hydroxylation is 1. The van der Waals surface area contributed by atoms with E-state index in [0.717, 1.165) is 6.07 Å². The third-order valence-corrected chi connectivity index (χ3v) is 3.60. The summed E-state index contributed by atoms with van der Waals surface area (Å²) >= 11 is 0. The molecule has 0 unspecified atom stereocenters. The lowest BCUT2D eigenvalue weighted by Crippen LogP contribution is -2.19. The molecule has 3 aromatic rings. The normalized spacial score (nSPS) is 10.9. The molecule has 0 aliphatic carbocycles. The second-order valence-corrected chi connectivity index (χ2v) is 4.91. The quantitative estimate of drug-likeness (QED) is 0.802. The van der Waals surface area contributed by atoms with Gasteiger partial charge in [0.2, 0.25) is 5.43 Å². The van der Waals surface area contributed by atoms with Crippen LogP contribution in [0.25, 0.3) is 22.2 Å². The highest BCUT2D eigenvalue weighted by Crippen LogP contribution is 2.25. The van der Waals surface area contributed by atoms with Crippen molar-refractivity contribution in [2.45, 2.75) is 13.5 Å². The molecule has 2 heterocycles. The first-order valence-electron chi connectivity index (χ1n) is 6.89. The zero-order valence-electron chi connectivity index (χ0n) is 12.2. The maximum absolute atomic E-state index is 14.4. The highest BCUT2D eigenvalue weighted by atomic mass is 19.1. The number of hydrogen-bond acceptors (Lipinski definition) is 4. The van der Waals surface area contributed by atoms with Gasteiger partial charge >= 0.3 is 5.97 Å². The van der Waals surface area contributed by atoms with Crippen LogP contribution < -0.4 is 5.43 Å². The van der Waals surface area contributed by atoms with Gasteiger partial charge in [-0.05, 0) is 25.1 Å².